The van der Waals surface area contributed by atoms with E-state index in [1.807, 2.05) is 24.3 Å². The van der Waals surface area contributed by atoms with Crippen molar-refractivity contribution in [1.82, 2.24) is 5.32 Å². The van der Waals surface area contributed by atoms with Gasteiger partial charge in [0.15, 0.2) is 0 Å². The van der Waals surface area contributed by atoms with Gasteiger partial charge in [-0.15, -0.1) is 12.4 Å². The van der Waals surface area contributed by atoms with E-state index in [2.05, 4.69) is 5.32 Å². The Bertz CT molecular complexity index is 518. The van der Waals surface area contributed by atoms with Crippen LogP contribution in [0, 0.1) is 5.92 Å². The molecule has 3 atom stereocenters. The van der Waals surface area contributed by atoms with Crippen LogP contribution in [-0.2, 0) is 4.74 Å². The molecule has 2 fully saturated rings. The maximum Gasteiger partial charge on any atom is 0.251 e. The zero-order valence-corrected chi connectivity index (χ0v) is 14.7. The van der Waals surface area contributed by atoms with E-state index in [9.17, 15) is 4.79 Å². The molecule has 1 aliphatic heterocycles. The quantitative estimate of drug-likeness (QED) is 0.823. The number of carbonyl (C=O) groups is 1. The fourth-order valence-corrected chi connectivity index (χ4v) is 3.43. The highest BCUT2D eigenvalue weighted by molar-refractivity contribution is 5.94. The number of halogens is 1. The Hall–Kier alpha value is -1.30. The van der Waals surface area contributed by atoms with Crippen LogP contribution in [-0.4, -0.2) is 37.8 Å². The predicted molar refractivity (Wildman–Crippen MR) is 95.8 cm³/mol. The lowest BCUT2D eigenvalue weighted by Crippen LogP contribution is -2.39. The van der Waals surface area contributed by atoms with Crippen LogP contribution in [0.2, 0.25) is 0 Å². The van der Waals surface area contributed by atoms with E-state index in [4.69, 9.17) is 15.2 Å². The fourth-order valence-electron chi connectivity index (χ4n) is 3.43. The topological polar surface area (TPSA) is 73.6 Å². The summed E-state index contributed by atoms with van der Waals surface area (Å²) in [5.74, 6) is 1.16. The summed E-state index contributed by atoms with van der Waals surface area (Å²) in [6.45, 7) is 2.05. The third-order valence-corrected chi connectivity index (χ3v) is 4.85. The summed E-state index contributed by atoms with van der Waals surface area (Å²) in [7, 11) is 0. The molecule has 1 heterocycles. The smallest absolute Gasteiger partial charge is 0.251 e. The van der Waals surface area contributed by atoms with Crippen molar-refractivity contribution >= 4 is 18.3 Å². The zero-order valence-electron chi connectivity index (χ0n) is 13.9. The second-order valence-corrected chi connectivity index (χ2v) is 6.48. The van der Waals surface area contributed by atoms with Crippen molar-refractivity contribution < 1.29 is 14.3 Å². The third kappa shape index (κ3) is 4.85. The number of nitrogens with one attached hydrogen (secondary N) is 1. The molecule has 3 N–H and O–H groups in total. The normalized spacial score (nSPS) is 26.0. The number of amides is 1. The maximum atomic E-state index is 12.3. The third-order valence-electron chi connectivity index (χ3n) is 4.85. The van der Waals surface area contributed by atoms with E-state index in [0.717, 1.165) is 44.5 Å². The highest BCUT2D eigenvalue weighted by Crippen LogP contribution is 2.25. The van der Waals surface area contributed by atoms with Crippen molar-refractivity contribution in [1.29, 1.82) is 0 Å². The number of hydrogen-bond acceptors (Lipinski definition) is 4. The summed E-state index contributed by atoms with van der Waals surface area (Å²) < 4.78 is 11.3. The monoisotopic (exact) mass is 354 g/mol. The van der Waals surface area contributed by atoms with Gasteiger partial charge in [-0.3, -0.25) is 4.79 Å². The molecular weight excluding hydrogens is 328 g/mol. The molecule has 1 aromatic carbocycles. The second-order valence-electron chi connectivity index (χ2n) is 6.48. The van der Waals surface area contributed by atoms with E-state index in [1.165, 1.54) is 0 Å². The van der Waals surface area contributed by atoms with E-state index >= 15 is 0 Å². The predicted octanol–water partition coefficient (Wildman–Crippen LogP) is 2.52. The summed E-state index contributed by atoms with van der Waals surface area (Å²) in [6, 6.07) is 7.53. The van der Waals surface area contributed by atoms with Crippen molar-refractivity contribution in [2.45, 2.75) is 44.2 Å². The Morgan fingerprint density at radius 3 is 2.67 bits per heavy atom. The number of rotatable bonds is 6. The van der Waals surface area contributed by atoms with Crippen molar-refractivity contribution in [3.05, 3.63) is 29.8 Å². The number of hydrogen-bond donors (Lipinski definition) is 2. The van der Waals surface area contributed by atoms with Crippen LogP contribution in [0.1, 0.15) is 42.5 Å². The van der Waals surface area contributed by atoms with Gasteiger partial charge in [-0.25, -0.2) is 0 Å². The van der Waals surface area contributed by atoms with Gasteiger partial charge in [-0.1, -0.05) is 6.42 Å². The first-order valence-electron chi connectivity index (χ1n) is 8.61. The molecule has 3 unspecified atom stereocenters. The van der Waals surface area contributed by atoms with Crippen LogP contribution >= 0.6 is 12.4 Å². The van der Waals surface area contributed by atoms with E-state index < -0.39 is 0 Å². The van der Waals surface area contributed by atoms with Crippen LogP contribution in [0.3, 0.4) is 0 Å². The first-order chi connectivity index (χ1) is 11.3. The Morgan fingerprint density at radius 2 is 2.00 bits per heavy atom. The molecule has 1 aliphatic carbocycles. The van der Waals surface area contributed by atoms with Crippen molar-refractivity contribution in [2.75, 3.05) is 19.8 Å². The SMILES string of the molecule is Cl.NCC1CCCC1NC(=O)c1ccc(OCC2CCCO2)cc1. The van der Waals surface area contributed by atoms with E-state index in [-0.39, 0.29) is 30.5 Å². The van der Waals surface area contributed by atoms with Gasteiger partial charge in [0.1, 0.15) is 12.4 Å². The maximum absolute atomic E-state index is 12.3. The molecule has 6 heteroatoms. The molecule has 0 aromatic heterocycles. The fraction of sp³-hybridized carbons (Fsp3) is 0.611. The Morgan fingerprint density at radius 1 is 1.21 bits per heavy atom. The standard InChI is InChI=1S/C18H26N2O3.ClH/c19-11-14-3-1-5-17(14)20-18(21)13-6-8-15(9-7-13)23-12-16-4-2-10-22-16;/h6-9,14,16-17H,1-5,10-12,19H2,(H,20,21);1H. The molecule has 5 nitrogen and oxygen atoms in total. The van der Waals surface area contributed by atoms with Gasteiger partial charge in [-0.05, 0) is 62.4 Å². The van der Waals surface area contributed by atoms with Crippen molar-refractivity contribution in [3.63, 3.8) is 0 Å². The van der Waals surface area contributed by atoms with Gasteiger partial charge in [0.2, 0.25) is 0 Å². The summed E-state index contributed by atoms with van der Waals surface area (Å²) in [6.07, 6.45) is 5.65. The molecule has 2 aliphatic rings. The Balaban J connectivity index is 0.00000208. The van der Waals surface area contributed by atoms with Gasteiger partial charge in [0.05, 0.1) is 6.10 Å². The highest BCUT2D eigenvalue weighted by atomic mass is 35.5. The minimum absolute atomic E-state index is 0. The first-order valence-corrected chi connectivity index (χ1v) is 8.61. The van der Waals surface area contributed by atoms with Crippen molar-refractivity contribution in [3.8, 4) is 5.75 Å². The average Bonchev–Trinajstić information content (AvgIpc) is 3.24. The molecule has 24 heavy (non-hydrogen) atoms. The lowest BCUT2D eigenvalue weighted by atomic mass is 10.0. The zero-order chi connectivity index (χ0) is 16.1. The van der Waals surface area contributed by atoms with Gasteiger partial charge < -0.3 is 20.5 Å². The molecule has 134 valence electrons. The Labute approximate surface area is 149 Å². The Kier molecular flexibility index (Phi) is 7.34. The molecule has 0 spiro atoms. The van der Waals surface area contributed by atoms with Crippen LogP contribution in [0.5, 0.6) is 5.75 Å². The summed E-state index contributed by atoms with van der Waals surface area (Å²) in [5, 5.41) is 3.11. The average molecular weight is 355 g/mol. The molecule has 1 saturated carbocycles. The van der Waals surface area contributed by atoms with Crippen LogP contribution in [0.15, 0.2) is 24.3 Å². The van der Waals surface area contributed by atoms with Crippen LogP contribution in [0.25, 0.3) is 0 Å². The summed E-state index contributed by atoms with van der Waals surface area (Å²) >= 11 is 0. The van der Waals surface area contributed by atoms with Gasteiger partial charge >= 0.3 is 0 Å². The van der Waals surface area contributed by atoms with Crippen LogP contribution < -0.4 is 15.8 Å². The number of nitrogens with two attached hydrogens (primary N) is 1. The number of benzene rings is 1. The molecule has 1 aromatic rings. The van der Waals surface area contributed by atoms with Crippen LogP contribution in [0.4, 0.5) is 0 Å². The van der Waals surface area contributed by atoms with Gasteiger partial charge in [0, 0.05) is 18.2 Å². The molecule has 0 radical (unpaired) electrons. The summed E-state index contributed by atoms with van der Waals surface area (Å²) in [4.78, 5) is 12.3. The minimum atomic E-state index is -0.0268. The van der Waals surface area contributed by atoms with Gasteiger partial charge in [-0.2, -0.15) is 0 Å². The first kappa shape index (κ1) is 19.0. The largest absolute Gasteiger partial charge is 0.491 e. The molecular formula is C18H27ClN2O3. The van der Waals surface area contributed by atoms with Crippen molar-refractivity contribution in [2.24, 2.45) is 11.7 Å². The number of ether oxygens (including phenoxy) is 2. The minimum Gasteiger partial charge on any atom is -0.491 e. The molecule has 1 amide bonds. The van der Waals surface area contributed by atoms with E-state index in [0.29, 0.717) is 24.6 Å². The highest BCUT2D eigenvalue weighted by Gasteiger charge is 2.27. The number of carbonyl (C=O) groups excluding carboxylic acids is 1. The molecule has 1 saturated heterocycles. The lowest BCUT2D eigenvalue weighted by molar-refractivity contribution is 0.0679. The van der Waals surface area contributed by atoms with E-state index in [1.54, 1.807) is 0 Å². The van der Waals surface area contributed by atoms with Gasteiger partial charge in [0.25, 0.3) is 5.91 Å². The second kappa shape index (κ2) is 9.25. The molecule has 0 bridgehead atoms. The molecule has 3 rings (SSSR count). The summed E-state index contributed by atoms with van der Waals surface area (Å²) in [5.41, 5.74) is 6.43. The lowest BCUT2D eigenvalue weighted by Gasteiger charge is -2.19.